The molecule has 1 aromatic heterocycles. The van der Waals surface area contributed by atoms with Gasteiger partial charge in [0.25, 0.3) is 0 Å². The first-order valence-corrected chi connectivity index (χ1v) is 8.98. The maximum atomic E-state index is 13.0. The fraction of sp³-hybridized carbons (Fsp3) is 0.200. The van der Waals surface area contributed by atoms with Crippen molar-refractivity contribution in [1.82, 2.24) is 4.98 Å². The van der Waals surface area contributed by atoms with Crippen molar-refractivity contribution < 1.29 is 4.79 Å². The van der Waals surface area contributed by atoms with E-state index in [2.05, 4.69) is 22.4 Å². The van der Waals surface area contributed by atoms with E-state index in [4.69, 9.17) is 5.73 Å². The number of nitrogen functional groups attached to an aromatic ring is 1. The minimum absolute atomic E-state index is 0.0619. The summed E-state index contributed by atoms with van der Waals surface area (Å²) in [6.07, 6.45) is 1.68. The minimum Gasteiger partial charge on any atom is -0.399 e. The first kappa shape index (κ1) is 17.2. The molecule has 1 heterocycles. The van der Waals surface area contributed by atoms with Crippen LogP contribution in [0.2, 0.25) is 0 Å². The third kappa shape index (κ3) is 3.72. The molecule has 3 aromatic rings. The van der Waals surface area contributed by atoms with E-state index >= 15 is 0 Å². The van der Waals surface area contributed by atoms with Crippen molar-refractivity contribution in [3.63, 3.8) is 0 Å². The fourth-order valence-electron chi connectivity index (χ4n) is 3.03. The van der Waals surface area contributed by atoms with Crippen LogP contribution in [0.5, 0.6) is 0 Å². The van der Waals surface area contributed by atoms with Crippen molar-refractivity contribution >= 4 is 28.1 Å². The van der Waals surface area contributed by atoms with Crippen LogP contribution in [0.3, 0.4) is 0 Å². The molecule has 1 amide bonds. The molecule has 0 radical (unpaired) electrons. The lowest BCUT2D eigenvalue weighted by molar-refractivity contribution is -0.124. The molecule has 128 valence electrons. The highest BCUT2D eigenvalue weighted by Gasteiger charge is 2.39. The van der Waals surface area contributed by atoms with Crippen molar-refractivity contribution in [3.05, 3.63) is 77.3 Å². The van der Waals surface area contributed by atoms with Crippen LogP contribution < -0.4 is 11.1 Å². The molecule has 1 atom stereocenters. The van der Waals surface area contributed by atoms with Crippen molar-refractivity contribution in [3.8, 4) is 0 Å². The van der Waals surface area contributed by atoms with Gasteiger partial charge in [0, 0.05) is 23.2 Å². The first-order valence-electron chi connectivity index (χ1n) is 8.10. The molecule has 0 aliphatic rings. The highest BCUT2D eigenvalue weighted by atomic mass is 32.1. The lowest BCUT2D eigenvalue weighted by Crippen LogP contribution is -2.37. The molecule has 4 nitrogen and oxygen atoms in total. The molecule has 1 unspecified atom stereocenters. The third-order valence-electron chi connectivity index (χ3n) is 4.36. The Morgan fingerprint density at radius 3 is 2.32 bits per heavy atom. The van der Waals surface area contributed by atoms with Gasteiger partial charge in [-0.15, -0.1) is 11.3 Å². The molecular formula is C20H21N3OS. The van der Waals surface area contributed by atoms with Crippen LogP contribution in [0.25, 0.3) is 0 Å². The van der Waals surface area contributed by atoms with Crippen LogP contribution >= 0.6 is 11.3 Å². The van der Waals surface area contributed by atoms with Gasteiger partial charge in [-0.2, -0.15) is 0 Å². The van der Waals surface area contributed by atoms with Gasteiger partial charge in [-0.1, -0.05) is 56.3 Å². The Labute approximate surface area is 151 Å². The van der Waals surface area contributed by atoms with Crippen LogP contribution in [0.15, 0.2) is 66.2 Å². The van der Waals surface area contributed by atoms with Gasteiger partial charge in [0.2, 0.25) is 5.91 Å². The van der Waals surface area contributed by atoms with Crippen molar-refractivity contribution in [2.45, 2.75) is 19.8 Å². The second-order valence-electron chi connectivity index (χ2n) is 6.52. The Bertz CT molecular complexity index is 827. The maximum absolute atomic E-state index is 13.0. The average molecular weight is 351 g/mol. The standard InChI is InChI=1S/C20H21N3OS/c1-20(2,18(24)23-19-22-12-13-25-19)17(14-6-4-3-5-7-14)15-8-10-16(21)11-9-15/h3-13,17H,21H2,1-2H3,(H,22,23,24). The van der Waals surface area contributed by atoms with Gasteiger partial charge in [-0.25, -0.2) is 4.98 Å². The summed E-state index contributed by atoms with van der Waals surface area (Å²) in [4.78, 5) is 17.2. The lowest BCUT2D eigenvalue weighted by atomic mass is 9.70. The Hall–Kier alpha value is -2.66. The zero-order valence-corrected chi connectivity index (χ0v) is 15.1. The van der Waals surface area contributed by atoms with Gasteiger partial charge in [-0.3, -0.25) is 4.79 Å². The molecule has 0 aliphatic heterocycles. The number of hydrogen-bond donors (Lipinski definition) is 2. The molecule has 0 saturated heterocycles. The SMILES string of the molecule is CC(C)(C(=O)Nc1nccs1)C(c1ccccc1)c1ccc(N)cc1. The van der Waals surface area contributed by atoms with Gasteiger partial charge >= 0.3 is 0 Å². The number of carbonyl (C=O) groups is 1. The molecule has 0 aliphatic carbocycles. The van der Waals surface area contributed by atoms with E-state index in [0.717, 1.165) is 11.1 Å². The molecule has 0 fully saturated rings. The van der Waals surface area contributed by atoms with E-state index in [1.165, 1.54) is 11.3 Å². The monoisotopic (exact) mass is 351 g/mol. The zero-order chi connectivity index (χ0) is 17.9. The van der Waals surface area contributed by atoms with Gasteiger partial charge in [-0.05, 0) is 23.3 Å². The molecular weight excluding hydrogens is 330 g/mol. The molecule has 0 saturated carbocycles. The van der Waals surface area contributed by atoms with Gasteiger partial charge in [0.05, 0.1) is 5.41 Å². The van der Waals surface area contributed by atoms with Crippen molar-refractivity contribution in [1.29, 1.82) is 0 Å². The number of anilines is 2. The van der Waals surface area contributed by atoms with Crippen molar-refractivity contribution in [2.24, 2.45) is 5.41 Å². The van der Waals surface area contributed by atoms with E-state index in [9.17, 15) is 4.79 Å². The van der Waals surface area contributed by atoms with Crippen LogP contribution in [0, 0.1) is 5.41 Å². The number of benzene rings is 2. The Balaban J connectivity index is 2.00. The molecule has 0 spiro atoms. The number of thiazole rings is 1. The van der Waals surface area contributed by atoms with Crippen LogP contribution in [-0.4, -0.2) is 10.9 Å². The summed E-state index contributed by atoms with van der Waals surface area (Å²) >= 11 is 1.41. The molecule has 5 heteroatoms. The second kappa shape index (κ2) is 7.07. The lowest BCUT2D eigenvalue weighted by Gasteiger charge is -2.33. The highest BCUT2D eigenvalue weighted by Crippen LogP contribution is 2.42. The van der Waals surface area contributed by atoms with Gasteiger partial charge < -0.3 is 11.1 Å². The van der Waals surface area contributed by atoms with E-state index in [1.54, 1.807) is 6.20 Å². The van der Waals surface area contributed by atoms with E-state index in [1.807, 2.05) is 61.7 Å². The number of nitrogens with one attached hydrogen (secondary N) is 1. The van der Waals surface area contributed by atoms with Crippen molar-refractivity contribution in [2.75, 3.05) is 11.1 Å². The fourth-order valence-corrected chi connectivity index (χ4v) is 3.56. The van der Waals surface area contributed by atoms with Crippen LogP contribution in [0.4, 0.5) is 10.8 Å². The normalized spacial score (nSPS) is 12.6. The predicted molar refractivity (Wildman–Crippen MR) is 104 cm³/mol. The molecule has 25 heavy (non-hydrogen) atoms. The van der Waals surface area contributed by atoms with Crippen LogP contribution in [0.1, 0.15) is 30.9 Å². The number of rotatable bonds is 5. The predicted octanol–water partition coefficient (Wildman–Crippen LogP) is 4.52. The molecule has 3 N–H and O–H groups in total. The number of nitrogens with zero attached hydrogens (tertiary/aromatic N) is 1. The summed E-state index contributed by atoms with van der Waals surface area (Å²) < 4.78 is 0. The minimum atomic E-state index is -0.677. The summed E-state index contributed by atoms with van der Waals surface area (Å²) in [5, 5.41) is 5.39. The smallest absolute Gasteiger partial charge is 0.232 e. The number of nitrogens with two attached hydrogens (primary N) is 1. The topological polar surface area (TPSA) is 68.0 Å². The Kier molecular flexibility index (Phi) is 4.86. The number of hydrogen-bond acceptors (Lipinski definition) is 4. The molecule has 2 aromatic carbocycles. The van der Waals surface area contributed by atoms with Gasteiger partial charge in [0.1, 0.15) is 0 Å². The zero-order valence-electron chi connectivity index (χ0n) is 14.3. The number of aromatic nitrogens is 1. The quantitative estimate of drug-likeness (QED) is 0.664. The highest BCUT2D eigenvalue weighted by molar-refractivity contribution is 7.13. The average Bonchev–Trinajstić information content (AvgIpc) is 3.11. The van der Waals surface area contributed by atoms with E-state index in [0.29, 0.717) is 10.8 Å². The van der Waals surface area contributed by atoms with E-state index in [-0.39, 0.29) is 11.8 Å². The largest absolute Gasteiger partial charge is 0.399 e. The molecule has 3 rings (SSSR count). The first-order chi connectivity index (χ1) is 12.0. The summed E-state index contributed by atoms with van der Waals surface area (Å²) in [6, 6.07) is 17.8. The summed E-state index contributed by atoms with van der Waals surface area (Å²) in [6.45, 7) is 3.92. The third-order valence-corrected chi connectivity index (χ3v) is 5.05. The maximum Gasteiger partial charge on any atom is 0.232 e. The Morgan fingerprint density at radius 1 is 1.08 bits per heavy atom. The van der Waals surface area contributed by atoms with Crippen LogP contribution in [-0.2, 0) is 4.79 Å². The Morgan fingerprint density at radius 2 is 1.72 bits per heavy atom. The summed E-state index contributed by atoms with van der Waals surface area (Å²) in [5.74, 6) is -0.164. The number of carbonyl (C=O) groups excluding carboxylic acids is 1. The van der Waals surface area contributed by atoms with Gasteiger partial charge in [0.15, 0.2) is 5.13 Å². The molecule has 0 bridgehead atoms. The van der Waals surface area contributed by atoms with E-state index < -0.39 is 5.41 Å². The summed E-state index contributed by atoms with van der Waals surface area (Å²) in [5.41, 5.74) is 8.01. The summed E-state index contributed by atoms with van der Waals surface area (Å²) in [7, 11) is 0. The second-order valence-corrected chi connectivity index (χ2v) is 7.42. The number of amides is 1.